The molecule has 3 aromatic rings. The van der Waals surface area contributed by atoms with Crippen molar-refractivity contribution in [1.82, 2.24) is 19.6 Å². The van der Waals surface area contributed by atoms with Crippen LogP contribution < -0.4 is 5.32 Å². The molecule has 0 aliphatic heterocycles. The van der Waals surface area contributed by atoms with Crippen LogP contribution >= 0.6 is 0 Å². The van der Waals surface area contributed by atoms with E-state index in [-0.39, 0.29) is 0 Å². The van der Waals surface area contributed by atoms with Gasteiger partial charge in [0.05, 0.1) is 12.8 Å². The van der Waals surface area contributed by atoms with Crippen molar-refractivity contribution in [3.05, 3.63) is 41.7 Å². The number of hydrogen-bond acceptors (Lipinski definition) is 5. The number of aromatic nitrogens is 4. The third-order valence-corrected chi connectivity index (χ3v) is 3.12. The first kappa shape index (κ1) is 11.7. The van der Waals surface area contributed by atoms with Crippen LogP contribution in [0.15, 0.2) is 29.1 Å². The highest BCUT2D eigenvalue weighted by Crippen LogP contribution is 2.20. The number of nitrogens with zero attached hydrogens (tertiary/aromatic N) is 4. The lowest BCUT2D eigenvalue weighted by Crippen LogP contribution is -2.09. The normalized spacial score (nSPS) is 11.1. The summed E-state index contributed by atoms with van der Waals surface area (Å²) in [5.74, 6) is 2.47. The van der Waals surface area contributed by atoms with Crippen molar-refractivity contribution in [1.29, 1.82) is 0 Å². The van der Waals surface area contributed by atoms with Gasteiger partial charge in [0.15, 0.2) is 0 Å². The summed E-state index contributed by atoms with van der Waals surface area (Å²) in [4.78, 5) is 4.44. The quantitative estimate of drug-likeness (QED) is 0.776. The molecule has 3 rings (SSSR count). The summed E-state index contributed by atoms with van der Waals surface area (Å²) >= 11 is 0. The number of hydrogen-bond donors (Lipinski definition) is 1. The Balaban J connectivity index is 2.01. The highest BCUT2D eigenvalue weighted by molar-refractivity contribution is 5.53. The summed E-state index contributed by atoms with van der Waals surface area (Å²) in [6.07, 6.45) is 4.24. The van der Waals surface area contributed by atoms with Gasteiger partial charge in [0.2, 0.25) is 0 Å². The number of fused-ring (bicyclic) bond motifs is 1. The molecular formula is C13H15N5O. The van der Waals surface area contributed by atoms with Gasteiger partial charge >= 0.3 is 0 Å². The van der Waals surface area contributed by atoms with Crippen LogP contribution in [-0.4, -0.2) is 19.6 Å². The lowest BCUT2D eigenvalue weighted by atomic mass is 10.1. The van der Waals surface area contributed by atoms with Gasteiger partial charge in [-0.05, 0) is 25.5 Å². The fourth-order valence-corrected chi connectivity index (χ4v) is 2.20. The van der Waals surface area contributed by atoms with E-state index in [2.05, 4.69) is 27.4 Å². The molecular weight excluding hydrogens is 242 g/mol. The summed E-state index contributed by atoms with van der Waals surface area (Å²) < 4.78 is 7.20. The number of furan rings is 1. The maximum Gasteiger partial charge on any atom is 0.256 e. The predicted molar refractivity (Wildman–Crippen MR) is 70.9 cm³/mol. The second-order valence-corrected chi connectivity index (χ2v) is 4.31. The van der Waals surface area contributed by atoms with Gasteiger partial charge in [0, 0.05) is 11.3 Å². The second-order valence-electron chi connectivity index (χ2n) is 4.31. The van der Waals surface area contributed by atoms with Crippen molar-refractivity contribution in [2.24, 2.45) is 0 Å². The first-order valence-electron chi connectivity index (χ1n) is 6.25. The first-order chi connectivity index (χ1) is 9.29. The van der Waals surface area contributed by atoms with Gasteiger partial charge in [-0.25, -0.2) is 4.98 Å². The lowest BCUT2D eigenvalue weighted by Gasteiger charge is -2.13. The average Bonchev–Trinajstić information content (AvgIpc) is 3.05. The van der Waals surface area contributed by atoms with E-state index in [1.807, 2.05) is 23.5 Å². The van der Waals surface area contributed by atoms with Gasteiger partial charge in [0.1, 0.15) is 17.9 Å². The Morgan fingerprint density at radius 1 is 1.42 bits per heavy atom. The van der Waals surface area contributed by atoms with Gasteiger partial charge < -0.3 is 9.73 Å². The number of anilines is 1. The SMILES string of the molecule is CCc1c(C)nc2nncn2c1NCc1ccco1. The van der Waals surface area contributed by atoms with E-state index in [0.717, 1.165) is 23.7 Å². The van der Waals surface area contributed by atoms with Crippen molar-refractivity contribution >= 4 is 11.6 Å². The van der Waals surface area contributed by atoms with Gasteiger partial charge in [-0.2, -0.15) is 0 Å². The number of nitrogens with one attached hydrogen (secondary N) is 1. The van der Waals surface area contributed by atoms with Crippen molar-refractivity contribution < 1.29 is 4.42 Å². The molecule has 3 aromatic heterocycles. The van der Waals surface area contributed by atoms with E-state index >= 15 is 0 Å². The molecule has 98 valence electrons. The van der Waals surface area contributed by atoms with Gasteiger partial charge in [-0.15, -0.1) is 10.2 Å². The molecule has 0 atom stereocenters. The number of aryl methyl sites for hydroxylation is 1. The van der Waals surface area contributed by atoms with Gasteiger partial charge in [0.25, 0.3) is 5.78 Å². The molecule has 0 saturated heterocycles. The predicted octanol–water partition coefficient (Wildman–Crippen LogP) is 2.20. The maximum atomic E-state index is 5.33. The van der Waals surface area contributed by atoms with E-state index in [1.54, 1.807) is 12.6 Å². The summed E-state index contributed by atoms with van der Waals surface area (Å²) in [6.45, 7) is 4.72. The van der Waals surface area contributed by atoms with E-state index in [0.29, 0.717) is 12.3 Å². The van der Waals surface area contributed by atoms with Crippen LogP contribution in [0.1, 0.15) is 23.9 Å². The summed E-state index contributed by atoms with van der Waals surface area (Å²) in [5.41, 5.74) is 2.14. The Hall–Kier alpha value is -2.37. The Labute approximate surface area is 110 Å². The van der Waals surface area contributed by atoms with Crippen molar-refractivity contribution in [2.75, 3.05) is 5.32 Å². The third-order valence-electron chi connectivity index (χ3n) is 3.12. The molecule has 0 aliphatic rings. The molecule has 19 heavy (non-hydrogen) atoms. The lowest BCUT2D eigenvalue weighted by molar-refractivity contribution is 0.517. The van der Waals surface area contributed by atoms with E-state index < -0.39 is 0 Å². The molecule has 0 unspecified atom stereocenters. The Morgan fingerprint density at radius 3 is 3.05 bits per heavy atom. The fourth-order valence-electron chi connectivity index (χ4n) is 2.20. The van der Waals surface area contributed by atoms with Gasteiger partial charge in [-0.1, -0.05) is 6.92 Å². The fraction of sp³-hybridized carbons (Fsp3) is 0.308. The molecule has 0 bridgehead atoms. The number of rotatable bonds is 4. The minimum absolute atomic E-state index is 0.608. The molecule has 0 aliphatic carbocycles. The summed E-state index contributed by atoms with van der Waals surface area (Å²) in [6, 6.07) is 3.82. The van der Waals surface area contributed by atoms with Crippen LogP contribution in [0.5, 0.6) is 0 Å². The highest BCUT2D eigenvalue weighted by atomic mass is 16.3. The van der Waals surface area contributed by atoms with Crippen LogP contribution in [0, 0.1) is 6.92 Å². The molecule has 0 saturated carbocycles. The molecule has 0 spiro atoms. The van der Waals surface area contributed by atoms with Crippen LogP contribution in [0.4, 0.5) is 5.82 Å². The maximum absolute atomic E-state index is 5.33. The Kier molecular flexibility index (Phi) is 2.91. The van der Waals surface area contributed by atoms with E-state index in [9.17, 15) is 0 Å². The smallest absolute Gasteiger partial charge is 0.256 e. The van der Waals surface area contributed by atoms with Crippen LogP contribution in [0.25, 0.3) is 5.78 Å². The molecule has 0 fully saturated rings. The minimum atomic E-state index is 0.608. The molecule has 0 aromatic carbocycles. The van der Waals surface area contributed by atoms with Crippen LogP contribution in [0.3, 0.4) is 0 Å². The molecule has 6 heteroatoms. The van der Waals surface area contributed by atoms with Crippen molar-refractivity contribution in [3.63, 3.8) is 0 Å². The largest absolute Gasteiger partial charge is 0.467 e. The zero-order chi connectivity index (χ0) is 13.2. The molecule has 0 radical (unpaired) electrons. The highest BCUT2D eigenvalue weighted by Gasteiger charge is 2.12. The van der Waals surface area contributed by atoms with Crippen LogP contribution in [-0.2, 0) is 13.0 Å². The third kappa shape index (κ3) is 2.05. The summed E-state index contributed by atoms with van der Waals surface area (Å²) in [7, 11) is 0. The van der Waals surface area contributed by atoms with Crippen molar-refractivity contribution in [2.45, 2.75) is 26.8 Å². The monoisotopic (exact) mass is 257 g/mol. The van der Waals surface area contributed by atoms with E-state index in [1.165, 1.54) is 5.56 Å². The molecule has 3 heterocycles. The Bertz CT molecular complexity index is 686. The molecule has 6 nitrogen and oxygen atoms in total. The topological polar surface area (TPSA) is 68.2 Å². The van der Waals surface area contributed by atoms with E-state index in [4.69, 9.17) is 4.42 Å². The zero-order valence-electron chi connectivity index (χ0n) is 10.9. The van der Waals surface area contributed by atoms with Gasteiger partial charge in [-0.3, -0.25) is 4.40 Å². The molecule has 1 N–H and O–H groups in total. The second kappa shape index (κ2) is 4.72. The van der Waals surface area contributed by atoms with Crippen molar-refractivity contribution in [3.8, 4) is 0 Å². The first-order valence-corrected chi connectivity index (χ1v) is 6.25. The standard InChI is InChI=1S/C13H15N5O/c1-3-11-9(2)16-13-17-15-8-18(13)12(11)14-7-10-5-4-6-19-10/h4-6,8,14H,3,7H2,1-2H3. The van der Waals surface area contributed by atoms with Crippen LogP contribution in [0.2, 0.25) is 0 Å². The average molecular weight is 257 g/mol. The molecule has 0 amide bonds. The zero-order valence-corrected chi connectivity index (χ0v) is 10.9. The summed E-state index contributed by atoms with van der Waals surface area (Å²) in [5, 5.41) is 11.3. The Morgan fingerprint density at radius 2 is 2.32 bits per heavy atom. The minimum Gasteiger partial charge on any atom is -0.467 e.